The minimum Gasteiger partial charge on any atom is -0.270 e. The number of nitrogens with two attached hydrogens (primary N) is 1. The Balaban J connectivity index is 4.04. The molecule has 0 heterocycles. The molecule has 0 aliphatic rings. The van der Waals surface area contributed by atoms with E-state index in [0.717, 1.165) is 6.26 Å². The summed E-state index contributed by atoms with van der Waals surface area (Å²) in [5.41, 5.74) is 2.12. The first kappa shape index (κ1) is 7.87. The van der Waals surface area contributed by atoms with Crippen molar-refractivity contribution in [2.24, 2.45) is 5.84 Å². The Kier molecular flexibility index (Phi) is 2.39. The van der Waals surface area contributed by atoms with Gasteiger partial charge < -0.3 is 0 Å². The lowest BCUT2D eigenvalue weighted by Crippen LogP contribution is -2.38. The molecule has 0 aliphatic carbocycles. The van der Waals surface area contributed by atoms with Gasteiger partial charge in [-0.1, -0.05) is 0 Å². The molecule has 0 spiro atoms. The maximum absolute atomic E-state index is 10.4. The predicted octanol–water partition coefficient (Wildman–Crippen LogP) is -1.16. The quantitative estimate of drug-likeness (QED) is 0.373. The molecule has 5 heteroatoms. The summed E-state index contributed by atoms with van der Waals surface area (Å²) in [6, 6.07) is 0. The Bertz CT molecular complexity index is 151. The van der Waals surface area contributed by atoms with Crippen molar-refractivity contribution in [3.8, 4) is 0 Å². The molecule has 0 aliphatic heterocycles. The molecule has 8 heavy (non-hydrogen) atoms. The molecule has 0 bridgehead atoms. The molecule has 0 aromatic heterocycles. The van der Waals surface area contributed by atoms with Crippen molar-refractivity contribution >= 4 is 9.84 Å². The molecular formula is C3H10N2O2S. The summed E-state index contributed by atoms with van der Waals surface area (Å²) in [4.78, 5) is 0. The van der Waals surface area contributed by atoms with Gasteiger partial charge in [-0.15, -0.1) is 0 Å². The first-order valence-corrected chi connectivity index (χ1v) is 4.09. The van der Waals surface area contributed by atoms with Crippen LogP contribution in [0.4, 0.5) is 0 Å². The fourth-order valence-electron chi connectivity index (χ4n) is 0.124. The molecule has 3 N–H and O–H groups in total. The highest BCUT2D eigenvalue weighted by atomic mass is 32.2. The first-order valence-electron chi connectivity index (χ1n) is 2.13. The molecule has 50 valence electrons. The van der Waals surface area contributed by atoms with Crippen molar-refractivity contribution in [1.82, 2.24) is 5.43 Å². The standard InChI is InChI=1S/C3H10N2O2S/c1-3(5-4)8(2,6)7/h3,5H,4H2,1-2H3. The van der Waals surface area contributed by atoms with E-state index in [1.54, 1.807) is 0 Å². The molecule has 0 aromatic rings. The third-order valence-electron chi connectivity index (χ3n) is 0.877. The molecule has 4 nitrogen and oxygen atoms in total. The van der Waals surface area contributed by atoms with Crippen LogP contribution in [0, 0.1) is 0 Å². The zero-order valence-corrected chi connectivity index (χ0v) is 5.70. The van der Waals surface area contributed by atoms with Gasteiger partial charge in [0.15, 0.2) is 9.84 Å². The molecule has 0 fully saturated rings. The van der Waals surface area contributed by atoms with E-state index in [1.807, 2.05) is 0 Å². The van der Waals surface area contributed by atoms with E-state index < -0.39 is 15.2 Å². The van der Waals surface area contributed by atoms with E-state index in [2.05, 4.69) is 5.43 Å². The van der Waals surface area contributed by atoms with E-state index in [4.69, 9.17) is 5.84 Å². The van der Waals surface area contributed by atoms with Gasteiger partial charge in [0.25, 0.3) is 0 Å². The minimum absolute atomic E-state index is 0.650. The highest BCUT2D eigenvalue weighted by Crippen LogP contribution is 1.88. The SMILES string of the molecule is CC(NN)S(C)(=O)=O. The highest BCUT2D eigenvalue weighted by Gasteiger charge is 2.10. The van der Waals surface area contributed by atoms with E-state index in [1.165, 1.54) is 6.92 Å². The van der Waals surface area contributed by atoms with Crippen molar-refractivity contribution in [1.29, 1.82) is 0 Å². The zero-order valence-electron chi connectivity index (χ0n) is 4.88. The maximum Gasteiger partial charge on any atom is 0.164 e. The van der Waals surface area contributed by atoms with Crippen LogP contribution in [0.5, 0.6) is 0 Å². The van der Waals surface area contributed by atoms with Gasteiger partial charge in [-0.05, 0) is 6.92 Å². The number of nitrogens with one attached hydrogen (secondary N) is 1. The maximum atomic E-state index is 10.4. The van der Waals surface area contributed by atoms with Gasteiger partial charge >= 0.3 is 0 Å². The Morgan fingerprint density at radius 2 is 2.00 bits per heavy atom. The van der Waals surface area contributed by atoms with Crippen LogP contribution in [-0.4, -0.2) is 20.0 Å². The number of hydrogen-bond donors (Lipinski definition) is 2. The van der Waals surface area contributed by atoms with Crippen molar-refractivity contribution in [2.45, 2.75) is 12.3 Å². The molecule has 0 rings (SSSR count). The Morgan fingerprint density at radius 3 is 2.00 bits per heavy atom. The van der Waals surface area contributed by atoms with Gasteiger partial charge in [-0.2, -0.15) is 0 Å². The third-order valence-corrected chi connectivity index (χ3v) is 2.30. The van der Waals surface area contributed by atoms with Crippen LogP contribution in [0.1, 0.15) is 6.92 Å². The molecular weight excluding hydrogens is 128 g/mol. The van der Waals surface area contributed by atoms with Crippen LogP contribution in [-0.2, 0) is 9.84 Å². The lowest BCUT2D eigenvalue weighted by Gasteiger charge is -2.04. The van der Waals surface area contributed by atoms with E-state index >= 15 is 0 Å². The van der Waals surface area contributed by atoms with Gasteiger partial charge in [-0.3, -0.25) is 5.84 Å². The second kappa shape index (κ2) is 2.43. The average Bonchev–Trinajstić information content (AvgIpc) is 1.62. The fourth-order valence-corrected chi connectivity index (χ4v) is 0.371. The first-order chi connectivity index (χ1) is 3.48. The number of hydrogen-bond acceptors (Lipinski definition) is 4. The summed E-state index contributed by atoms with van der Waals surface area (Å²) < 4.78 is 20.8. The molecule has 0 aromatic carbocycles. The molecule has 1 unspecified atom stereocenters. The smallest absolute Gasteiger partial charge is 0.164 e. The molecule has 0 saturated heterocycles. The molecule has 1 atom stereocenters. The van der Waals surface area contributed by atoms with Gasteiger partial charge in [-0.25, -0.2) is 13.8 Å². The largest absolute Gasteiger partial charge is 0.270 e. The van der Waals surface area contributed by atoms with Crippen LogP contribution in [0.25, 0.3) is 0 Å². The van der Waals surface area contributed by atoms with Crippen LogP contribution >= 0.6 is 0 Å². The fraction of sp³-hybridized carbons (Fsp3) is 1.00. The molecule has 0 amide bonds. The molecule has 0 saturated carbocycles. The van der Waals surface area contributed by atoms with Crippen LogP contribution in [0.3, 0.4) is 0 Å². The topological polar surface area (TPSA) is 72.2 Å². The highest BCUT2D eigenvalue weighted by molar-refractivity contribution is 7.91. The monoisotopic (exact) mass is 138 g/mol. The summed E-state index contributed by atoms with van der Waals surface area (Å²) in [7, 11) is -2.99. The lowest BCUT2D eigenvalue weighted by atomic mass is 10.8. The number of rotatable bonds is 2. The second-order valence-corrected chi connectivity index (χ2v) is 4.00. The summed E-state index contributed by atoms with van der Waals surface area (Å²) >= 11 is 0. The summed E-state index contributed by atoms with van der Waals surface area (Å²) in [6.45, 7) is 1.48. The van der Waals surface area contributed by atoms with E-state index in [0.29, 0.717) is 0 Å². The predicted molar refractivity (Wildman–Crippen MR) is 31.6 cm³/mol. The van der Waals surface area contributed by atoms with E-state index in [-0.39, 0.29) is 0 Å². The Morgan fingerprint density at radius 1 is 1.62 bits per heavy atom. The van der Waals surface area contributed by atoms with Crippen molar-refractivity contribution in [3.05, 3.63) is 0 Å². The van der Waals surface area contributed by atoms with Gasteiger partial charge in [0, 0.05) is 6.26 Å². The molecule has 0 radical (unpaired) electrons. The number of hydrazine groups is 1. The normalized spacial score (nSPS) is 15.9. The minimum atomic E-state index is -2.99. The summed E-state index contributed by atoms with van der Waals surface area (Å²) in [6.07, 6.45) is 1.12. The van der Waals surface area contributed by atoms with Crippen molar-refractivity contribution in [3.63, 3.8) is 0 Å². The average molecular weight is 138 g/mol. The lowest BCUT2D eigenvalue weighted by molar-refractivity contribution is 0.571. The van der Waals surface area contributed by atoms with E-state index in [9.17, 15) is 8.42 Å². The Hall–Kier alpha value is -0.130. The van der Waals surface area contributed by atoms with Gasteiger partial charge in [0.05, 0.1) is 0 Å². The van der Waals surface area contributed by atoms with Crippen LogP contribution < -0.4 is 11.3 Å². The van der Waals surface area contributed by atoms with Crippen molar-refractivity contribution < 1.29 is 8.42 Å². The van der Waals surface area contributed by atoms with Crippen molar-refractivity contribution in [2.75, 3.05) is 6.26 Å². The zero-order chi connectivity index (χ0) is 6.78. The summed E-state index contributed by atoms with van der Waals surface area (Å²) in [5, 5.41) is -0.650. The van der Waals surface area contributed by atoms with Gasteiger partial charge in [0.2, 0.25) is 0 Å². The second-order valence-electron chi connectivity index (χ2n) is 1.64. The number of sulfone groups is 1. The third kappa shape index (κ3) is 2.25. The van der Waals surface area contributed by atoms with Crippen LogP contribution in [0.15, 0.2) is 0 Å². The summed E-state index contributed by atoms with van der Waals surface area (Å²) in [5.74, 6) is 4.83. The van der Waals surface area contributed by atoms with Gasteiger partial charge in [0.1, 0.15) is 5.37 Å². The van der Waals surface area contributed by atoms with Crippen LogP contribution in [0.2, 0.25) is 0 Å². The Labute approximate surface area is 49.0 Å².